The first-order chi connectivity index (χ1) is 14.4. The van der Waals surface area contributed by atoms with Crippen molar-refractivity contribution in [2.24, 2.45) is 5.92 Å². The molecule has 2 aromatic carbocycles. The lowest BCUT2D eigenvalue weighted by atomic mass is 10.2. The maximum absolute atomic E-state index is 12.6. The largest absolute Gasteiger partial charge is 0.322 e. The number of benzene rings is 2. The molecular weight excluding hydrogens is 438 g/mol. The quantitative estimate of drug-likeness (QED) is 0.516. The van der Waals surface area contributed by atoms with Crippen LogP contribution < -0.4 is 10.0 Å². The summed E-state index contributed by atoms with van der Waals surface area (Å²) >= 11 is 3.17. The summed E-state index contributed by atoms with van der Waals surface area (Å²) in [6.07, 6.45) is 2.12. The first-order valence-corrected chi connectivity index (χ1v) is 12.7. The zero-order chi connectivity index (χ0) is 21.1. The van der Waals surface area contributed by atoms with E-state index in [0.29, 0.717) is 23.7 Å². The van der Waals surface area contributed by atoms with E-state index in [4.69, 9.17) is 0 Å². The third-order valence-electron chi connectivity index (χ3n) is 4.58. The molecule has 0 saturated heterocycles. The van der Waals surface area contributed by atoms with Crippen LogP contribution >= 0.6 is 23.1 Å². The molecule has 0 bridgehead atoms. The highest BCUT2D eigenvalue weighted by molar-refractivity contribution is 8.01. The molecule has 0 unspecified atom stereocenters. The summed E-state index contributed by atoms with van der Waals surface area (Å²) in [4.78, 5) is 18.2. The maximum atomic E-state index is 12.6. The summed E-state index contributed by atoms with van der Waals surface area (Å²) in [7, 11) is -3.62. The fraction of sp³-hybridized carbons (Fsp3) is 0.238. The van der Waals surface area contributed by atoms with Gasteiger partial charge in [0.15, 0.2) is 4.34 Å². The molecule has 2 N–H and O–H groups in total. The van der Waals surface area contributed by atoms with E-state index in [2.05, 4.69) is 15.0 Å². The van der Waals surface area contributed by atoms with Gasteiger partial charge in [-0.2, -0.15) is 0 Å². The van der Waals surface area contributed by atoms with Crippen LogP contribution in [0, 0.1) is 12.8 Å². The number of aryl methyl sites for hydroxylation is 1. The Morgan fingerprint density at radius 1 is 1.20 bits per heavy atom. The van der Waals surface area contributed by atoms with Gasteiger partial charge in [0.25, 0.3) is 5.91 Å². The van der Waals surface area contributed by atoms with E-state index < -0.39 is 10.0 Å². The monoisotopic (exact) mass is 459 g/mol. The zero-order valence-electron chi connectivity index (χ0n) is 16.3. The molecule has 1 aliphatic carbocycles. The number of carbonyl (C=O) groups excluding carboxylic acids is 1. The van der Waals surface area contributed by atoms with Gasteiger partial charge in [0, 0.05) is 33.8 Å². The van der Waals surface area contributed by atoms with Gasteiger partial charge in [-0.15, -0.1) is 11.3 Å². The number of aromatic nitrogens is 1. The number of sulfonamides is 1. The van der Waals surface area contributed by atoms with Gasteiger partial charge in [0.05, 0.1) is 4.90 Å². The number of anilines is 1. The lowest BCUT2D eigenvalue weighted by molar-refractivity contribution is 0.102. The lowest BCUT2D eigenvalue weighted by Crippen LogP contribution is -2.26. The second-order valence-electron chi connectivity index (χ2n) is 7.16. The Labute approximate surface area is 184 Å². The van der Waals surface area contributed by atoms with Crippen LogP contribution in [0.1, 0.15) is 28.9 Å². The summed E-state index contributed by atoms with van der Waals surface area (Å²) < 4.78 is 28.5. The van der Waals surface area contributed by atoms with Crippen LogP contribution in [0.3, 0.4) is 0 Å². The predicted octanol–water partition coefficient (Wildman–Crippen LogP) is 4.54. The molecule has 6 nitrogen and oxygen atoms in total. The molecule has 156 valence electrons. The van der Waals surface area contributed by atoms with Crippen molar-refractivity contribution in [1.82, 2.24) is 9.71 Å². The molecule has 0 spiro atoms. The molecule has 1 saturated carbocycles. The van der Waals surface area contributed by atoms with Gasteiger partial charge >= 0.3 is 0 Å². The fourth-order valence-corrected chi connectivity index (χ4v) is 5.70. The molecule has 1 fully saturated rings. The minimum Gasteiger partial charge on any atom is -0.322 e. The number of thiazole rings is 1. The predicted molar refractivity (Wildman–Crippen MR) is 120 cm³/mol. The van der Waals surface area contributed by atoms with Crippen molar-refractivity contribution in [3.63, 3.8) is 0 Å². The number of nitrogens with one attached hydrogen (secondary N) is 2. The normalized spacial score (nSPS) is 13.9. The van der Waals surface area contributed by atoms with Gasteiger partial charge in [-0.3, -0.25) is 4.79 Å². The molecule has 1 aliphatic rings. The van der Waals surface area contributed by atoms with E-state index in [0.717, 1.165) is 27.8 Å². The van der Waals surface area contributed by atoms with Crippen LogP contribution in [0.15, 0.2) is 68.0 Å². The molecule has 0 radical (unpaired) electrons. The van der Waals surface area contributed by atoms with Crippen molar-refractivity contribution in [2.45, 2.75) is 33.9 Å². The highest BCUT2D eigenvalue weighted by Crippen LogP contribution is 2.31. The SMILES string of the molecule is Cc1csc(Sc2ccc(NC(=O)c3cccc(S(=O)(=O)NCC4CC4)c3)cc2)n1. The van der Waals surface area contributed by atoms with Crippen molar-refractivity contribution < 1.29 is 13.2 Å². The highest BCUT2D eigenvalue weighted by Gasteiger charge is 2.24. The van der Waals surface area contributed by atoms with Crippen molar-refractivity contribution in [3.8, 4) is 0 Å². The Morgan fingerprint density at radius 3 is 2.63 bits per heavy atom. The van der Waals surface area contributed by atoms with E-state index >= 15 is 0 Å². The van der Waals surface area contributed by atoms with Gasteiger partial charge in [0.2, 0.25) is 10.0 Å². The van der Waals surface area contributed by atoms with E-state index in [1.165, 1.54) is 12.1 Å². The highest BCUT2D eigenvalue weighted by atomic mass is 32.2. The molecule has 30 heavy (non-hydrogen) atoms. The van der Waals surface area contributed by atoms with E-state index in [1.54, 1.807) is 35.2 Å². The molecule has 0 atom stereocenters. The molecule has 4 rings (SSSR count). The second-order valence-corrected chi connectivity index (χ2v) is 11.1. The van der Waals surface area contributed by atoms with E-state index in [-0.39, 0.29) is 10.8 Å². The summed E-state index contributed by atoms with van der Waals surface area (Å²) in [6.45, 7) is 2.41. The first-order valence-electron chi connectivity index (χ1n) is 9.50. The minimum absolute atomic E-state index is 0.0984. The molecular formula is C21H21N3O3S3. The molecule has 1 amide bonds. The number of rotatable bonds is 8. The number of hydrogen-bond acceptors (Lipinski definition) is 6. The van der Waals surface area contributed by atoms with Crippen molar-refractivity contribution in [1.29, 1.82) is 0 Å². The van der Waals surface area contributed by atoms with Crippen LogP contribution in [0.4, 0.5) is 5.69 Å². The van der Waals surface area contributed by atoms with Crippen LogP contribution in [-0.2, 0) is 10.0 Å². The topological polar surface area (TPSA) is 88.2 Å². The summed E-state index contributed by atoms with van der Waals surface area (Å²) in [5, 5.41) is 4.82. The Balaban J connectivity index is 1.40. The van der Waals surface area contributed by atoms with Gasteiger partial charge < -0.3 is 5.32 Å². The van der Waals surface area contributed by atoms with Crippen LogP contribution in [-0.4, -0.2) is 25.9 Å². The molecule has 1 heterocycles. The van der Waals surface area contributed by atoms with E-state index in [1.807, 2.05) is 36.6 Å². The third kappa shape index (κ3) is 5.48. The second kappa shape index (κ2) is 8.89. The van der Waals surface area contributed by atoms with Crippen LogP contribution in [0.5, 0.6) is 0 Å². The van der Waals surface area contributed by atoms with Crippen molar-refractivity contribution in [2.75, 3.05) is 11.9 Å². The Bertz CT molecular complexity index is 1150. The van der Waals surface area contributed by atoms with Gasteiger partial charge in [-0.1, -0.05) is 17.8 Å². The van der Waals surface area contributed by atoms with Gasteiger partial charge in [-0.05, 0) is 68.1 Å². The smallest absolute Gasteiger partial charge is 0.255 e. The number of carbonyl (C=O) groups is 1. The number of nitrogens with zero attached hydrogens (tertiary/aromatic N) is 1. The molecule has 3 aromatic rings. The first kappa shape index (κ1) is 21.0. The maximum Gasteiger partial charge on any atom is 0.255 e. The van der Waals surface area contributed by atoms with Gasteiger partial charge in [0.1, 0.15) is 0 Å². The lowest BCUT2D eigenvalue weighted by Gasteiger charge is -2.09. The van der Waals surface area contributed by atoms with Gasteiger partial charge in [-0.25, -0.2) is 18.1 Å². The molecule has 1 aromatic heterocycles. The fourth-order valence-electron chi connectivity index (χ4n) is 2.73. The standard InChI is InChI=1S/C21H21N3O3S3/c1-14-13-28-21(23-14)29-18-9-7-17(8-10-18)24-20(25)16-3-2-4-19(11-16)30(26,27)22-12-15-5-6-15/h2-4,7-11,13,15,22H,5-6,12H2,1H3,(H,24,25). The average molecular weight is 460 g/mol. The Kier molecular flexibility index (Phi) is 6.24. The van der Waals surface area contributed by atoms with E-state index in [9.17, 15) is 13.2 Å². The minimum atomic E-state index is -3.62. The molecule has 0 aliphatic heterocycles. The Hall–Kier alpha value is -2.20. The summed E-state index contributed by atoms with van der Waals surface area (Å²) in [5.41, 5.74) is 1.93. The van der Waals surface area contributed by atoms with Crippen LogP contribution in [0.25, 0.3) is 0 Å². The third-order valence-corrected chi connectivity index (χ3v) is 8.07. The summed E-state index contributed by atoms with van der Waals surface area (Å²) in [6, 6.07) is 13.6. The molecule has 9 heteroatoms. The van der Waals surface area contributed by atoms with Crippen molar-refractivity contribution in [3.05, 3.63) is 65.2 Å². The summed E-state index contributed by atoms with van der Waals surface area (Å²) in [5.74, 6) is 0.0807. The van der Waals surface area contributed by atoms with Crippen molar-refractivity contribution >= 4 is 44.7 Å². The Morgan fingerprint density at radius 2 is 1.97 bits per heavy atom. The average Bonchev–Trinajstić information content (AvgIpc) is 3.49. The van der Waals surface area contributed by atoms with Crippen LogP contribution in [0.2, 0.25) is 0 Å². The number of amides is 1. The zero-order valence-corrected chi connectivity index (χ0v) is 18.7. The number of hydrogen-bond donors (Lipinski definition) is 2.